The van der Waals surface area contributed by atoms with Crippen LogP contribution in [-0.2, 0) is 4.74 Å². The molecule has 1 amide bonds. The summed E-state index contributed by atoms with van der Waals surface area (Å²) in [6.07, 6.45) is 2.51. The summed E-state index contributed by atoms with van der Waals surface area (Å²) in [5.41, 5.74) is -0.288. The predicted octanol–water partition coefficient (Wildman–Crippen LogP) is 1.67. The number of ether oxygens (including phenoxy) is 1. The van der Waals surface area contributed by atoms with Gasteiger partial charge in [0.25, 0.3) is 5.91 Å². The quantitative estimate of drug-likeness (QED) is 0.869. The van der Waals surface area contributed by atoms with Crippen molar-refractivity contribution in [2.75, 3.05) is 6.61 Å². The maximum atomic E-state index is 11.9. The lowest BCUT2D eigenvalue weighted by molar-refractivity contribution is -0.0616. The van der Waals surface area contributed by atoms with E-state index in [1.807, 2.05) is 13.8 Å². The van der Waals surface area contributed by atoms with Crippen LogP contribution in [0.2, 0.25) is 0 Å². The van der Waals surface area contributed by atoms with Gasteiger partial charge in [0.2, 0.25) is 0 Å². The van der Waals surface area contributed by atoms with Crippen LogP contribution in [0.1, 0.15) is 47.6 Å². The van der Waals surface area contributed by atoms with E-state index in [-0.39, 0.29) is 23.0 Å². The fourth-order valence-corrected chi connectivity index (χ4v) is 2.18. The molecule has 1 aromatic rings. The van der Waals surface area contributed by atoms with Gasteiger partial charge in [-0.3, -0.25) is 4.79 Å². The minimum Gasteiger partial charge on any atom is -0.478 e. The summed E-state index contributed by atoms with van der Waals surface area (Å²) in [6.45, 7) is 4.54. The number of carbonyl (C=O) groups is 2. The number of amides is 1. The molecule has 1 aliphatic heterocycles. The molecule has 1 fully saturated rings. The lowest BCUT2D eigenvalue weighted by Gasteiger charge is -2.35. The average Bonchev–Trinajstić information content (AvgIpc) is 2.76. The summed E-state index contributed by atoms with van der Waals surface area (Å²) in [7, 11) is 0. The molecule has 1 aromatic heterocycles. The molecule has 6 nitrogen and oxygen atoms in total. The third-order valence-corrected chi connectivity index (χ3v) is 3.10. The van der Waals surface area contributed by atoms with E-state index in [1.54, 1.807) is 0 Å². The van der Waals surface area contributed by atoms with Gasteiger partial charge in [-0.2, -0.15) is 0 Å². The predicted molar refractivity (Wildman–Crippen MR) is 66.2 cm³/mol. The molecule has 0 aliphatic carbocycles. The van der Waals surface area contributed by atoms with Crippen LogP contribution in [0.3, 0.4) is 0 Å². The van der Waals surface area contributed by atoms with Crippen LogP contribution in [0, 0.1) is 0 Å². The number of aromatic carboxylic acids is 1. The fourth-order valence-electron chi connectivity index (χ4n) is 2.18. The molecule has 0 spiro atoms. The molecule has 104 valence electrons. The molecule has 0 saturated carbocycles. The second-order valence-corrected chi connectivity index (χ2v) is 5.28. The van der Waals surface area contributed by atoms with Gasteiger partial charge in [-0.1, -0.05) is 0 Å². The molecule has 2 rings (SSSR count). The van der Waals surface area contributed by atoms with Gasteiger partial charge in [0.15, 0.2) is 5.76 Å². The zero-order chi connectivity index (χ0) is 14.0. The lowest BCUT2D eigenvalue weighted by Crippen LogP contribution is -2.45. The Kier molecular flexibility index (Phi) is 3.61. The Balaban J connectivity index is 1.98. The van der Waals surface area contributed by atoms with E-state index in [2.05, 4.69) is 5.32 Å². The van der Waals surface area contributed by atoms with Crippen LogP contribution in [0.4, 0.5) is 0 Å². The fraction of sp³-hybridized carbons (Fsp3) is 0.538. The molecule has 0 aromatic carbocycles. The number of rotatable bonds is 3. The Bertz CT molecular complexity index is 491. The SMILES string of the molecule is CC1(C)CC(NC(=O)c2cc(C(=O)O)co2)CCO1. The van der Waals surface area contributed by atoms with E-state index >= 15 is 0 Å². The van der Waals surface area contributed by atoms with Crippen LogP contribution < -0.4 is 5.32 Å². The van der Waals surface area contributed by atoms with Crippen LogP contribution in [-0.4, -0.2) is 35.2 Å². The van der Waals surface area contributed by atoms with Gasteiger partial charge < -0.3 is 19.6 Å². The van der Waals surface area contributed by atoms with Crippen molar-refractivity contribution in [1.29, 1.82) is 0 Å². The summed E-state index contributed by atoms with van der Waals surface area (Å²) >= 11 is 0. The van der Waals surface area contributed by atoms with E-state index in [0.29, 0.717) is 13.0 Å². The molecule has 1 aliphatic rings. The number of carboxylic acid groups (broad SMARTS) is 1. The van der Waals surface area contributed by atoms with Crippen LogP contribution in [0.15, 0.2) is 16.7 Å². The van der Waals surface area contributed by atoms with Crippen molar-refractivity contribution in [3.8, 4) is 0 Å². The van der Waals surface area contributed by atoms with Crippen LogP contribution >= 0.6 is 0 Å². The standard InChI is InChI=1S/C13H17NO5/c1-13(2)6-9(3-4-19-13)14-11(15)10-5-8(7-18-10)12(16)17/h5,7,9H,3-4,6H2,1-2H3,(H,14,15)(H,16,17). The third-order valence-electron chi connectivity index (χ3n) is 3.10. The van der Waals surface area contributed by atoms with Crippen molar-refractivity contribution in [2.24, 2.45) is 0 Å². The van der Waals surface area contributed by atoms with Crippen molar-refractivity contribution >= 4 is 11.9 Å². The molecule has 6 heteroatoms. The van der Waals surface area contributed by atoms with Gasteiger partial charge in [0.05, 0.1) is 11.2 Å². The monoisotopic (exact) mass is 267 g/mol. The average molecular weight is 267 g/mol. The minimum atomic E-state index is -1.12. The van der Waals surface area contributed by atoms with E-state index in [0.717, 1.165) is 12.7 Å². The molecule has 19 heavy (non-hydrogen) atoms. The van der Waals surface area contributed by atoms with Gasteiger partial charge in [0.1, 0.15) is 6.26 Å². The number of hydrogen-bond donors (Lipinski definition) is 2. The highest BCUT2D eigenvalue weighted by Crippen LogP contribution is 2.24. The number of carboxylic acids is 1. The van der Waals surface area contributed by atoms with Gasteiger partial charge in [-0.15, -0.1) is 0 Å². The Morgan fingerprint density at radius 1 is 1.47 bits per heavy atom. The van der Waals surface area contributed by atoms with Crippen molar-refractivity contribution in [2.45, 2.75) is 38.3 Å². The summed E-state index contributed by atoms with van der Waals surface area (Å²) in [6, 6.07) is 1.23. The first-order valence-electron chi connectivity index (χ1n) is 6.14. The molecule has 0 radical (unpaired) electrons. The molecule has 2 heterocycles. The van der Waals surface area contributed by atoms with E-state index in [9.17, 15) is 9.59 Å². The number of nitrogens with one attached hydrogen (secondary N) is 1. The zero-order valence-corrected chi connectivity index (χ0v) is 10.9. The first-order valence-corrected chi connectivity index (χ1v) is 6.14. The molecule has 1 saturated heterocycles. The maximum Gasteiger partial charge on any atom is 0.338 e. The molecule has 1 unspecified atom stereocenters. The number of carbonyl (C=O) groups excluding carboxylic acids is 1. The second kappa shape index (κ2) is 5.05. The number of furan rings is 1. The normalized spacial score (nSPS) is 21.9. The Morgan fingerprint density at radius 2 is 2.21 bits per heavy atom. The van der Waals surface area contributed by atoms with Gasteiger partial charge >= 0.3 is 5.97 Å². The summed E-state index contributed by atoms with van der Waals surface area (Å²) in [4.78, 5) is 22.6. The van der Waals surface area contributed by atoms with Crippen LogP contribution in [0.25, 0.3) is 0 Å². The topological polar surface area (TPSA) is 88.8 Å². The third kappa shape index (κ3) is 3.35. The smallest absolute Gasteiger partial charge is 0.338 e. The Morgan fingerprint density at radius 3 is 2.79 bits per heavy atom. The molecular formula is C13H17NO5. The van der Waals surface area contributed by atoms with E-state index in [4.69, 9.17) is 14.3 Å². The van der Waals surface area contributed by atoms with E-state index < -0.39 is 11.9 Å². The van der Waals surface area contributed by atoms with Gasteiger partial charge in [-0.05, 0) is 26.7 Å². The van der Waals surface area contributed by atoms with Crippen molar-refractivity contribution in [1.82, 2.24) is 5.32 Å². The molecular weight excluding hydrogens is 250 g/mol. The van der Waals surface area contributed by atoms with Crippen molar-refractivity contribution < 1.29 is 23.8 Å². The highest BCUT2D eigenvalue weighted by molar-refractivity contribution is 5.95. The Hall–Kier alpha value is -1.82. The highest BCUT2D eigenvalue weighted by Gasteiger charge is 2.30. The first-order chi connectivity index (χ1) is 8.87. The molecule has 0 bridgehead atoms. The summed E-state index contributed by atoms with van der Waals surface area (Å²) < 4.78 is 10.5. The zero-order valence-electron chi connectivity index (χ0n) is 10.9. The second-order valence-electron chi connectivity index (χ2n) is 5.28. The number of hydrogen-bond acceptors (Lipinski definition) is 4. The Labute approximate surface area is 110 Å². The highest BCUT2D eigenvalue weighted by atomic mass is 16.5. The first kappa shape index (κ1) is 13.6. The van der Waals surface area contributed by atoms with Crippen LogP contribution in [0.5, 0.6) is 0 Å². The summed E-state index contributed by atoms with van der Waals surface area (Å²) in [5, 5.41) is 11.6. The maximum absolute atomic E-state index is 11.9. The summed E-state index contributed by atoms with van der Waals surface area (Å²) in [5.74, 6) is -1.49. The van der Waals surface area contributed by atoms with Gasteiger partial charge in [0, 0.05) is 18.7 Å². The minimum absolute atomic E-state index is 0.00891. The molecule has 1 atom stereocenters. The van der Waals surface area contributed by atoms with Crippen molar-refractivity contribution in [3.05, 3.63) is 23.7 Å². The lowest BCUT2D eigenvalue weighted by atomic mass is 9.94. The molecule has 2 N–H and O–H groups in total. The largest absolute Gasteiger partial charge is 0.478 e. The van der Waals surface area contributed by atoms with Gasteiger partial charge in [-0.25, -0.2) is 4.79 Å². The van der Waals surface area contributed by atoms with Crippen molar-refractivity contribution in [3.63, 3.8) is 0 Å². The van der Waals surface area contributed by atoms with E-state index in [1.165, 1.54) is 6.07 Å².